The van der Waals surface area contributed by atoms with Crippen LogP contribution in [0.25, 0.3) is 0 Å². The molecular formula is C15H19F3O12S. The van der Waals surface area contributed by atoms with Crippen molar-refractivity contribution in [1.29, 1.82) is 0 Å². The molecule has 0 aliphatic carbocycles. The molecule has 0 spiro atoms. The average Bonchev–Trinajstić information content (AvgIpc) is 2.56. The molecule has 5 atom stereocenters. The molecule has 12 nitrogen and oxygen atoms in total. The van der Waals surface area contributed by atoms with Gasteiger partial charge < -0.3 is 23.7 Å². The van der Waals surface area contributed by atoms with E-state index in [1.807, 2.05) is 0 Å². The third-order valence-electron chi connectivity index (χ3n) is 3.45. The van der Waals surface area contributed by atoms with E-state index < -0.39 is 76.8 Å². The van der Waals surface area contributed by atoms with Crippen LogP contribution < -0.4 is 0 Å². The summed E-state index contributed by atoms with van der Waals surface area (Å²) in [4.78, 5) is 45.9. The van der Waals surface area contributed by atoms with Crippen molar-refractivity contribution in [3.63, 3.8) is 0 Å². The van der Waals surface area contributed by atoms with E-state index in [1.54, 1.807) is 0 Å². The van der Waals surface area contributed by atoms with Gasteiger partial charge >= 0.3 is 39.5 Å². The number of esters is 4. The Morgan fingerprint density at radius 2 is 1.19 bits per heavy atom. The normalized spacial score (nSPS) is 26.5. The molecule has 1 heterocycles. The quantitative estimate of drug-likeness (QED) is 0.207. The van der Waals surface area contributed by atoms with Gasteiger partial charge in [-0.2, -0.15) is 21.6 Å². The second-order valence-corrected chi connectivity index (χ2v) is 7.67. The summed E-state index contributed by atoms with van der Waals surface area (Å²) in [5.74, 6) is -4.02. The van der Waals surface area contributed by atoms with Gasteiger partial charge in [-0.05, 0) is 0 Å². The minimum absolute atomic E-state index is 0.883. The third-order valence-corrected chi connectivity index (χ3v) is 4.46. The van der Waals surface area contributed by atoms with Gasteiger partial charge in [-0.1, -0.05) is 0 Å². The van der Waals surface area contributed by atoms with Gasteiger partial charge in [0.05, 0.1) is 6.61 Å². The lowest BCUT2D eigenvalue weighted by atomic mass is 9.98. The van der Waals surface area contributed by atoms with Crippen molar-refractivity contribution < 1.29 is 68.6 Å². The summed E-state index contributed by atoms with van der Waals surface area (Å²) in [6, 6.07) is 0. The van der Waals surface area contributed by atoms with Gasteiger partial charge in [0, 0.05) is 27.7 Å². The predicted octanol–water partition coefficient (Wildman–Crippen LogP) is -0.0643. The molecule has 0 N–H and O–H groups in total. The topological polar surface area (TPSA) is 158 Å². The van der Waals surface area contributed by atoms with Gasteiger partial charge in [-0.3, -0.25) is 23.4 Å². The summed E-state index contributed by atoms with van der Waals surface area (Å²) in [6.45, 7) is 2.25. The minimum atomic E-state index is -6.08. The number of rotatable bonds is 7. The molecule has 178 valence electrons. The van der Waals surface area contributed by atoms with Crippen LogP contribution in [0.2, 0.25) is 0 Å². The monoisotopic (exact) mass is 480 g/mol. The summed E-state index contributed by atoms with van der Waals surface area (Å²) < 4.78 is 88.8. The summed E-state index contributed by atoms with van der Waals surface area (Å²) in [5.41, 5.74) is -5.77. The van der Waals surface area contributed by atoms with Crippen molar-refractivity contribution in [2.24, 2.45) is 0 Å². The first-order valence-corrected chi connectivity index (χ1v) is 9.76. The van der Waals surface area contributed by atoms with E-state index >= 15 is 0 Å². The van der Waals surface area contributed by atoms with Crippen LogP contribution >= 0.6 is 0 Å². The zero-order valence-electron chi connectivity index (χ0n) is 16.5. The van der Waals surface area contributed by atoms with E-state index in [9.17, 15) is 40.8 Å². The highest BCUT2D eigenvalue weighted by Gasteiger charge is 2.55. The van der Waals surface area contributed by atoms with E-state index in [0.717, 1.165) is 27.7 Å². The maximum absolute atomic E-state index is 12.6. The van der Waals surface area contributed by atoms with Gasteiger partial charge in [0.15, 0.2) is 12.2 Å². The fourth-order valence-electron chi connectivity index (χ4n) is 2.47. The van der Waals surface area contributed by atoms with Crippen molar-refractivity contribution in [1.82, 2.24) is 0 Å². The second-order valence-electron chi connectivity index (χ2n) is 6.06. The van der Waals surface area contributed by atoms with E-state index in [4.69, 9.17) is 23.7 Å². The summed E-state index contributed by atoms with van der Waals surface area (Å²) in [6.07, 6.45) is -9.02. The molecule has 1 fully saturated rings. The molecule has 1 aliphatic rings. The van der Waals surface area contributed by atoms with Crippen LogP contribution in [-0.4, -0.2) is 75.1 Å². The highest BCUT2D eigenvalue weighted by molar-refractivity contribution is 7.87. The number of hydrogen-bond donors (Lipinski definition) is 0. The SMILES string of the molecule is CC(=O)OC1O[C@H](COS(=O)(=O)C(F)(F)F)[C@@H](OC(C)=O)[C@H](OC(C)=O)[C@H]1OC(C)=O. The van der Waals surface area contributed by atoms with E-state index in [-0.39, 0.29) is 0 Å². The van der Waals surface area contributed by atoms with Crippen LogP contribution in [0.15, 0.2) is 0 Å². The van der Waals surface area contributed by atoms with Crippen molar-refractivity contribution >= 4 is 34.0 Å². The molecule has 1 unspecified atom stereocenters. The smallest absolute Gasteiger partial charge is 0.456 e. The summed E-state index contributed by atoms with van der Waals surface area (Å²) in [7, 11) is -6.08. The first-order valence-electron chi connectivity index (χ1n) is 8.35. The Bertz CT molecular complexity index is 809. The zero-order valence-corrected chi connectivity index (χ0v) is 17.4. The van der Waals surface area contributed by atoms with Crippen molar-refractivity contribution in [2.75, 3.05) is 6.61 Å². The fourth-order valence-corrected chi connectivity index (χ4v) is 2.92. The lowest BCUT2D eigenvalue weighted by Gasteiger charge is -2.43. The highest BCUT2D eigenvalue weighted by Crippen LogP contribution is 2.31. The van der Waals surface area contributed by atoms with Crippen LogP contribution in [0.5, 0.6) is 0 Å². The van der Waals surface area contributed by atoms with Crippen LogP contribution in [0.3, 0.4) is 0 Å². The molecule has 0 saturated carbocycles. The number of ether oxygens (including phenoxy) is 5. The van der Waals surface area contributed by atoms with E-state index in [0.29, 0.717) is 0 Å². The molecule has 1 saturated heterocycles. The Morgan fingerprint density at radius 3 is 1.61 bits per heavy atom. The molecule has 16 heteroatoms. The maximum atomic E-state index is 12.6. The van der Waals surface area contributed by atoms with Crippen LogP contribution in [-0.2, 0) is 57.2 Å². The van der Waals surface area contributed by atoms with E-state index in [1.165, 1.54) is 0 Å². The van der Waals surface area contributed by atoms with Crippen molar-refractivity contribution in [2.45, 2.75) is 63.9 Å². The van der Waals surface area contributed by atoms with Crippen LogP contribution in [0.1, 0.15) is 27.7 Å². The standard InChI is InChI=1S/C15H19F3O12S/c1-6(19)26-11-10(5-25-31(23,24)15(16,17)18)30-14(29-9(4)22)13(28-8(3)21)12(11)27-7(2)20/h10-14H,5H2,1-4H3/t10-,11-,12+,13-,14?/m1/s1. The highest BCUT2D eigenvalue weighted by atomic mass is 32.2. The van der Waals surface area contributed by atoms with Crippen LogP contribution in [0, 0.1) is 0 Å². The fraction of sp³-hybridized carbons (Fsp3) is 0.733. The Labute approximate surface area is 174 Å². The molecule has 1 aliphatic heterocycles. The molecule has 0 aromatic heterocycles. The first-order chi connectivity index (χ1) is 14.0. The molecule has 0 amide bonds. The number of halogens is 3. The Kier molecular flexibility index (Phi) is 8.77. The molecule has 0 radical (unpaired) electrons. The second kappa shape index (κ2) is 10.2. The Morgan fingerprint density at radius 1 is 0.774 bits per heavy atom. The number of carbonyl (C=O) groups excluding carboxylic acids is 4. The van der Waals surface area contributed by atoms with Gasteiger partial charge in [-0.15, -0.1) is 0 Å². The zero-order chi connectivity index (χ0) is 24.1. The first kappa shape index (κ1) is 26.6. The third kappa shape index (κ3) is 7.62. The average molecular weight is 480 g/mol. The van der Waals surface area contributed by atoms with Gasteiger partial charge in [0.2, 0.25) is 12.4 Å². The van der Waals surface area contributed by atoms with Gasteiger partial charge in [0.25, 0.3) is 0 Å². The lowest BCUT2D eigenvalue weighted by molar-refractivity contribution is -0.298. The van der Waals surface area contributed by atoms with Gasteiger partial charge in [0.1, 0.15) is 6.10 Å². The molecule has 31 heavy (non-hydrogen) atoms. The number of alkyl halides is 3. The minimum Gasteiger partial charge on any atom is -0.456 e. The predicted molar refractivity (Wildman–Crippen MR) is 88.0 cm³/mol. The van der Waals surface area contributed by atoms with Gasteiger partial charge in [-0.25, -0.2) is 0 Å². The summed E-state index contributed by atoms with van der Waals surface area (Å²) in [5, 5.41) is 0. The molecular weight excluding hydrogens is 461 g/mol. The summed E-state index contributed by atoms with van der Waals surface area (Å²) >= 11 is 0. The van der Waals surface area contributed by atoms with E-state index in [2.05, 4.69) is 4.18 Å². The van der Waals surface area contributed by atoms with Crippen LogP contribution in [0.4, 0.5) is 13.2 Å². The van der Waals surface area contributed by atoms with Crippen molar-refractivity contribution in [3.8, 4) is 0 Å². The Balaban J connectivity index is 3.37. The maximum Gasteiger partial charge on any atom is 0.523 e. The largest absolute Gasteiger partial charge is 0.523 e. The lowest BCUT2D eigenvalue weighted by Crippen LogP contribution is -2.63. The molecule has 0 aromatic carbocycles. The molecule has 0 aromatic rings. The van der Waals surface area contributed by atoms with Crippen molar-refractivity contribution in [3.05, 3.63) is 0 Å². The molecule has 1 rings (SSSR count). The number of carbonyl (C=O) groups is 4. The Hall–Kier alpha value is -2.46. The number of hydrogen-bond acceptors (Lipinski definition) is 12. The molecule has 0 bridgehead atoms.